The van der Waals surface area contributed by atoms with Crippen LogP contribution in [0, 0.1) is 0 Å². The van der Waals surface area contributed by atoms with Gasteiger partial charge in [-0.2, -0.15) is 4.98 Å². The van der Waals surface area contributed by atoms with Crippen molar-refractivity contribution in [3.8, 4) is 0 Å². The standard InChI is InChI=1S/C17H13N3O/c1-2-19-12-8-4-5-9-13(12)20-15-11-7-3-6-10-14(11)21-16(15)18-17(19)20/h3-10H,2H2,1H3. The second-order valence-corrected chi connectivity index (χ2v) is 5.23. The highest BCUT2D eigenvalue weighted by atomic mass is 16.3. The van der Waals surface area contributed by atoms with E-state index in [1.165, 1.54) is 11.0 Å². The van der Waals surface area contributed by atoms with Gasteiger partial charge in [-0.3, -0.25) is 4.40 Å². The highest BCUT2D eigenvalue weighted by molar-refractivity contribution is 6.05. The number of hydrogen-bond donors (Lipinski definition) is 0. The Bertz CT molecular complexity index is 1130. The Kier molecular flexibility index (Phi) is 1.91. The van der Waals surface area contributed by atoms with E-state index in [-0.39, 0.29) is 0 Å². The van der Waals surface area contributed by atoms with Crippen molar-refractivity contribution in [3.05, 3.63) is 48.5 Å². The Labute approximate surface area is 120 Å². The topological polar surface area (TPSA) is 35.4 Å². The molecule has 0 unspecified atom stereocenters. The SMILES string of the molecule is CCn1c2ccccc2n2c3c(nc12)oc1ccccc13. The number of hydrogen-bond acceptors (Lipinski definition) is 2. The van der Waals surface area contributed by atoms with Crippen molar-refractivity contribution >= 4 is 39.0 Å². The third-order valence-corrected chi connectivity index (χ3v) is 4.15. The van der Waals surface area contributed by atoms with Gasteiger partial charge in [-0.15, -0.1) is 0 Å². The van der Waals surface area contributed by atoms with Gasteiger partial charge in [0.05, 0.1) is 11.0 Å². The summed E-state index contributed by atoms with van der Waals surface area (Å²) in [7, 11) is 0. The second kappa shape index (κ2) is 3.67. The minimum atomic E-state index is 0.708. The summed E-state index contributed by atoms with van der Waals surface area (Å²) in [6.45, 7) is 3.02. The van der Waals surface area contributed by atoms with Crippen molar-refractivity contribution in [2.45, 2.75) is 13.5 Å². The van der Waals surface area contributed by atoms with Gasteiger partial charge < -0.3 is 8.98 Å². The Morgan fingerprint density at radius 1 is 1.00 bits per heavy atom. The van der Waals surface area contributed by atoms with Gasteiger partial charge in [-0.05, 0) is 31.2 Å². The summed E-state index contributed by atoms with van der Waals surface area (Å²) < 4.78 is 10.3. The zero-order valence-corrected chi connectivity index (χ0v) is 11.6. The number of benzene rings is 2. The van der Waals surface area contributed by atoms with E-state index in [1.54, 1.807) is 0 Å². The maximum atomic E-state index is 5.90. The summed E-state index contributed by atoms with van der Waals surface area (Å²) in [6, 6.07) is 16.5. The number of para-hydroxylation sites is 3. The number of furan rings is 1. The van der Waals surface area contributed by atoms with Crippen LogP contribution in [0.15, 0.2) is 52.9 Å². The highest BCUT2D eigenvalue weighted by Gasteiger charge is 2.19. The molecule has 0 atom stereocenters. The molecule has 0 N–H and O–H groups in total. The number of aromatic nitrogens is 3. The van der Waals surface area contributed by atoms with Gasteiger partial charge in [-0.1, -0.05) is 24.3 Å². The molecule has 102 valence electrons. The Morgan fingerprint density at radius 3 is 2.62 bits per heavy atom. The predicted octanol–water partition coefficient (Wildman–Crippen LogP) is 4.21. The van der Waals surface area contributed by atoms with E-state index >= 15 is 0 Å². The maximum absolute atomic E-state index is 5.90. The molecule has 0 radical (unpaired) electrons. The van der Waals surface area contributed by atoms with Gasteiger partial charge in [-0.25, -0.2) is 0 Å². The molecule has 0 fully saturated rings. The molecule has 3 heterocycles. The number of rotatable bonds is 1. The van der Waals surface area contributed by atoms with Crippen LogP contribution in [0.1, 0.15) is 6.92 Å². The van der Waals surface area contributed by atoms with Crippen LogP contribution in [-0.4, -0.2) is 14.0 Å². The van der Waals surface area contributed by atoms with Gasteiger partial charge in [0.15, 0.2) is 0 Å². The fraction of sp³-hybridized carbons (Fsp3) is 0.118. The summed E-state index contributed by atoms with van der Waals surface area (Å²) >= 11 is 0. The molecule has 5 aromatic rings. The normalized spacial score (nSPS) is 12.2. The maximum Gasteiger partial charge on any atom is 0.248 e. The summed E-state index contributed by atoms with van der Waals surface area (Å²) in [5.74, 6) is 0.943. The van der Waals surface area contributed by atoms with E-state index in [2.05, 4.69) is 46.2 Å². The van der Waals surface area contributed by atoms with Gasteiger partial charge in [0, 0.05) is 11.9 Å². The highest BCUT2D eigenvalue weighted by Crippen LogP contribution is 2.32. The van der Waals surface area contributed by atoms with E-state index < -0.39 is 0 Å². The predicted molar refractivity (Wildman–Crippen MR) is 83.6 cm³/mol. The third kappa shape index (κ3) is 1.22. The second-order valence-electron chi connectivity index (χ2n) is 5.23. The van der Waals surface area contributed by atoms with Crippen molar-refractivity contribution in [3.63, 3.8) is 0 Å². The Morgan fingerprint density at radius 2 is 1.76 bits per heavy atom. The minimum Gasteiger partial charge on any atom is -0.436 e. The van der Waals surface area contributed by atoms with E-state index in [1.807, 2.05) is 18.2 Å². The molecule has 0 aliphatic heterocycles. The Hall–Kier alpha value is -2.75. The molecular formula is C17H13N3O. The zero-order valence-electron chi connectivity index (χ0n) is 11.6. The van der Waals surface area contributed by atoms with E-state index in [0.29, 0.717) is 5.71 Å². The average molecular weight is 275 g/mol. The first-order valence-electron chi connectivity index (χ1n) is 7.15. The Balaban J connectivity index is 2.14. The number of nitrogens with zero attached hydrogens (tertiary/aromatic N) is 3. The lowest BCUT2D eigenvalue weighted by Gasteiger charge is -1.97. The molecule has 4 heteroatoms. The van der Waals surface area contributed by atoms with Crippen LogP contribution >= 0.6 is 0 Å². The average Bonchev–Trinajstić information content (AvgIpc) is 3.12. The molecule has 0 saturated heterocycles. The molecule has 0 amide bonds. The van der Waals surface area contributed by atoms with E-state index in [4.69, 9.17) is 9.40 Å². The molecule has 4 nitrogen and oxygen atoms in total. The molecule has 0 saturated carbocycles. The van der Waals surface area contributed by atoms with E-state index in [0.717, 1.165) is 28.8 Å². The molecular weight excluding hydrogens is 262 g/mol. The van der Waals surface area contributed by atoms with Crippen molar-refractivity contribution in [2.24, 2.45) is 0 Å². The molecule has 0 spiro atoms. The number of imidazole rings is 2. The summed E-state index contributed by atoms with van der Waals surface area (Å²) in [5.41, 5.74) is 5.03. The molecule has 3 aromatic heterocycles. The van der Waals surface area contributed by atoms with Gasteiger partial charge >= 0.3 is 0 Å². The van der Waals surface area contributed by atoms with E-state index in [9.17, 15) is 0 Å². The molecule has 5 rings (SSSR count). The third-order valence-electron chi connectivity index (χ3n) is 4.15. The van der Waals surface area contributed by atoms with Crippen molar-refractivity contribution in [1.29, 1.82) is 0 Å². The molecule has 2 aromatic carbocycles. The first-order valence-corrected chi connectivity index (χ1v) is 7.15. The van der Waals surface area contributed by atoms with Crippen LogP contribution in [0.25, 0.3) is 39.0 Å². The van der Waals surface area contributed by atoms with Crippen LogP contribution in [0.3, 0.4) is 0 Å². The minimum absolute atomic E-state index is 0.708. The van der Waals surface area contributed by atoms with Crippen LogP contribution in [0.5, 0.6) is 0 Å². The van der Waals surface area contributed by atoms with Crippen LogP contribution in [0.4, 0.5) is 0 Å². The number of aryl methyl sites for hydroxylation is 1. The summed E-state index contributed by atoms with van der Waals surface area (Å²) in [5, 5.41) is 1.11. The zero-order chi connectivity index (χ0) is 14.0. The van der Waals surface area contributed by atoms with Crippen LogP contribution in [-0.2, 0) is 6.54 Å². The fourth-order valence-electron chi connectivity index (χ4n) is 3.26. The lowest BCUT2D eigenvalue weighted by molar-refractivity contribution is 0.655. The quantitative estimate of drug-likeness (QED) is 0.459. The smallest absolute Gasteiger partial charge is 0.248 e. The largest absolute Gasteiger partial charge is 0.436 e. The number of fused-ring (bicyclic) bond motifs is 7. The van der Waals surface area contributed by atoms with Crippen LogP contribution in [0.2, 0.25) is 0 Å². The lowest BCUT2D eigenvalue weighted by atomic mass is 10.2. The van der Waals surface area contributed by atoms with Crippen molar-refractivity contribution < 1.29 is 4.42 Å². The van der Waals surface area contributed by atoms with Gasteiger partial charge in [0.25, 0.3) is 0 Å². The van der Waals surface area contributed by atoms with Gasteiger partial charge in [0.1, 0.15) is 11.1 Å². The molecule has 0 aliphatic rings. The molecule has 0 aliphatic carbocycles. The first-order chi connectivity index (χ1) is 10.4. The molecule has 21 heavy (non-hydrogen) atoms. The fourth-order valence-corrected chi connectivity index (χ4v) is 3.26. The van der Waals surface area contributed by atoms with Crippen molar-refractivity contribution in [2.75, 3.05) is 0 Å². The monoisotopic (exact) mass is 275 g/mol. The van der Waals surface area contributed by atoms with Gasteiger partial charge in [0.2, 0.25) is 11.5 Å². The lowest BCUT2D eigenvalue weighted by Crippen LogP contribution is -1.94. The summed E-state index contributed by atoms with van der Waals surface area (Å²) in [4.78, 5) is 4.72. The first kappa shape index (κ1) is 11.0. The van der Waals surface area contributed by atoms with Crippen molar-refractivity contribution in [1.82, 2.24) is 14.0 Å². The molecule has 0 bridgehead atoms. The van der Waals surface area contributed by atoms with Crippen LogP contribution < -0.4 is 0 Å². The summed E-state index contributed by atoms with van der Waals surface area (Å²) in [6.07, 6.45) is 0.